The second kappa shape index (κ2) is 8.81. The van der Waals surface area contributed by atoms with Crippen LogP contribution in [0.1, 0.15) is 0 Å². The highest BCUT2D eigenvalue weighted by Gasteiger charge is 1.87. The molecule has 0 aliphatic heterocycles. The van der Waals surface area contributed by atoms with Crippen molar-refractivity contribution in [3.63, 3.8) is 0 Å². The van der Waals surface area contributed by atoms with Crippen LogP contribution in [0.4, 0.5) is 11.4 Å². The Morgan fingerprint density at radius 1 is 0.650 bits per heavy atom. The highest BCUT2D eigenvalue weighted by molar-refractivity contribution is 6.30. The van der Waals surface area contributed by atoms with E-state index in [0.29, 0.717) is 21.4 Å². The summed E-state index contributed by atoms with van der Waals surface area (Å²) >= 11 is 11.1. The maximum Gasteiger partial charge on any atom is 0.240 e. The Morgan fingerprint density at radius 2 is 0.950 bits per heavy atom. The fourth-order valence-electron chi connectivity index (χ4n) is 1.14. The van der Waals surface area contributed by atoms with Gasteiger partial charge in [0.2, 0.25) is 12.2 Å². The normalized spacial score (nSPS) is 8.50. The average molecular weight is 307 g/mol. The molecule has 0 unspecified atom stereocenters. The molecule has 2 aromatic carbocycles. The first-order chi connectivity index (χ1) is 9.65. The van der Waals surface area contributed by atoms with Gasteiger partial charge in [-0.15, -0.1) is 0 Å². The zero-order chi connectivity index (χ0) is 14.8. The number of nitrogens with zero attached hydrogens (tertiary/aromatic N) is 2. The fraction of sp³-hybridized carbons (Fsp3) is 0. The Balaban J connectivity index is 0.000000200. The maximum absolute atomic E-state index is 9.73. The third-order valence-corrected chi connectivity index (χ3v) is 2.51. The second-order valence-corrected chi connectivity index (χ2v) is 4.23. The van der Waals surface area contributed by atoms with Gasteiger partial charge in [-0.2, -0.15) is 9.98 Å². The number of carbonyl (C=O) groups excluding carboxylic acids is 2. The molecule has 100 valence electrons. The van der Waals surface area contributed by atoms with E-state index < -0.39 is 0 Å². The monoisotopic (exact) mass is 306 g/mol. The topological polar surface area (TPSA) is 58.9 Å². The molecule has 0 aromatic heterocycles. The summed E-state index contributed by atoms with van der Waals surface area (Å²) in [5.74, 6) is 0. The van der Waals surface area contributed by atoms with Crippen LogP contribution in [0.15, 0.2) is 58.5 Å². The molecule has 0 radical (unpaired) electrons. The molecule has 0 heterocycles. The van der Waals surface area contributed by atoms with Crippen LogP contribution in [-0.2, 0) is 9.59 Å². The van der Waals surface area contributed by atoms with Gasteiger partial charge in [0.25, 0.3) is 0 Å². The van der Waals surface area contributed by atoms with Crippen molar-refractivity contribution in [3.05, 3.63) is 58.6 Å². The molecule has 2 aromatic rings. The number of hydrogen-bond acceptors (Lipinski definition) is 4. The van der Waals surface area contributed by atoms with Crippen LogP contribution in [0.2, 0.25) is 10.0 Å². The fourth-order valence-corrected chi connectivity index (χ4v) is 1.39. The Bertz CT molecular complexity index is 582. The van der Waals surface area contributed by atoms with Crippen molar-refractivity contribution in [2.45, 2.75) is 0 Å². The SMILES string of the molecule is O=C=Nc1ccc(Cl)cc1.O=C=Nc1ccc(Cl)cc1. The van der Waals surface area contributed by atoms with Crippen molar-refractivity contribution in [1.29, 1.82) is 0 Å². The maximum atomic E-state index is 9.73. The van der Waals surface area contributed by atoms with Gasteiger partial charge in [0.15, 0.2) is 0 Å². The van der Waals surface area contributed by atoms with Crippen LogP contribution >= 0.6 is 23.2 Å². The average Bonchev–Trinajstić information content (AvgIpc) is 2.45. The Labute approximate surface area is 125 Å². The molecule has 0 spiro atoms. The van der Waals surface area contributed by atoms with Crippen molar-refractivity contribution in [2.24, 2.45) is 9.98 Å². The van der Waals surface area contributed by atoms with Gasteiger partial charge in [0.1, 0.15) is 0 Å². The lowest BCUT2D eigenvalue weighted by molar-refractivity contribution is 0.564. The molecule has 0 aliphatic rings. The van der Waals surface area contributed by atoms with E-state index >= 15 is 0 Å². The molecule has 0 amide bonds. The second-order valence-electron chi connectivity index (χ2n) is 3.36. The molecule has 0 fully saturated rings. The van der Waals surface area contributed by atoms with Crippen LogP contribution in [0.3, 0.4) is 0 Å². The van der Waals surface area contributed by atoms with E-state index in [2.05, 4.69) is 9.98 Å². The van der Waals surface area contributed by atoms with Crippen molar-refractivity contribution in [3.8, 4) is 0 Å². The molecule has 6 heteroatoms. The van der Waals surface area contributed by atoms with Crippen LogP contribution in [0.5, 0.6) is 0 Å². The zero-order valence-electron chi connectivity index (χ0n) is 10.1. The summed E-state index contributed by atoms with van der Waals surface area (Å²) in [5, 5.41) is 1.26. The molecule has 0 bridgehead atoms. The summed E-state index contributed by atoms with van der Waals surface area (Å²) in [6, 6.07) is 13.2. The van der Waals surface area contributed by atoms with Gasteiger partial charge >= 0.3 is 0 Å². The number of halogens is 2. The molecule has 0 atom stereocenters. The van der Waals surface area contributed by atoms with Gasteiger partial charge in [-0.1, -0.05) is 23.2 Å². The summed E-state index contributed by atoms with van der Waals surface area (Å²) in [6.45, 7) is 0. The molecule has 2 rings (SSSR count). The summed E-state index contributed by atoms with van der Waals surface area (Å²) in [7, 11) is 0. The molecule has 0 saturated heterocycles. The molecule has 0 N–H and O–H groups in total. The Hall–Kier alpha value is -2.22. The van der Waals surface area contributed by atoms with Crippen molar-refractivity contribution in [2.75, 3.05) is 0 Å². The van der Waals surface area contributed by atoms with Gasteiger partial charge in [0, 0.05) is 10.0 Å². The van der Waals surface area contributed by atoms with E-state index in [1.165, 1.54) is 12.2 Å². The number of aliphatic imine (C=N–C) groups is 2. The quantitative estimate of drug-likeness (QED) is 0.600. The first kappa shape index (κ1) is 15.8. The largest absolute Gasteiger partial charge is 0.240 e. The summed E-state index contributed by atoms with van der Waals surface area (Å²) in [4.78, 5) is 26.2. The summed E-state index contributed by atoms with van der Waals surface area (Å²) in [5.41, 5.74) is 1.14. The van der Waals surface area contributed by atoms with Gasteiger partial charge in [-0.25, -0.2) is 9.59 Å². The lowest BCUT2D eigenvalue weighted by Crippen LogP contribution is -1.62. The van der Waals surface area contributed by atoms with E-state index in [1.807, 2.05) is 0 Å². The van der Waals surface area contributed by atoms with Crippen LogP contribution in [-0.4, -0.2) is 12.2 Å². The standard InChI is InChI=1S/2C7H4ClNO/c2*8-6-1-3-7(4-2-6)9-5-10/h2*1-4H. The third kappa shape index (κ3) is 6.10. The summed E-state index contributed by atoms with van der Waals surface area (Å²) in [6.07, 6.45) is 2.87. The van der Waals surface area contributed by atoms with Crippen molar-refractivity contribution >= 4 is 46.7 Å². The minimum absolute atomic E-state index is 0.569. The molecule has 0 saturated carbocycles. The van der Waals surface area contributed by atoms with E-state index in [-0.39, 0.29) is 0 Å². The predicted molar refractivity (Wildman–Crippen MR) is 78.5 cm³/mol. The molecule has 0 aliphatic carbocycles. The van der Waals surface area contributed by atoms with Crippen LogP contribution in [0.25, 0.3) is 0 Å². The van der Waals surface area contributed by atoms with Gasteiger partial charge in [-0.05, 0) is 48.5 Å². The number of rotatable bonds is 2. The van der Waals surface area contributed by atoms with Gasteiger partial charge in [0.05, 0.1) is 11.4 Å². The first-order valence-corrected chi connectivity index (χ1v) is 6.08. The lowest BCUT2D eigenvalue weighted by Gasteiger charge is -1.88. The smallest absolute Gasteiger partial charge is 0.211 e. The lowest BCUT2D eigenvalue weighted by atomic mass is 10.3. The van der Waals surface area contributed by atoms with Gasteiger partial charge < -0.3 is 0 Å². The minimum Gasteiger partial charge on any atom is -0.211 e. The zero-order valence-corrected chi connectivity index (χ0v) is 11.6. The summed E-state index contributed by atoms with van der Waals surface area (Å²) < 4.78 is 0. The first-order valence-electron chi connectivity index (χ1n) is 5.32. The van der Waals surface area contributed by atoms with Crippen molar-refractivity contribution in [1.82, 2.24) is 0 Å². The highest BCUT2D eigenvalue weighted by atomic mass is 35.5. The number of isocyanates is 2. The van der Waals surface area contributed by atoms with Crippen molar-refractivity contribution < 1.29 is 9.59 Å². The third-order valence-electron chi connectivity index (χ3n) is 2.00. The van der Waals surface area contributed by atoms with E-state index in [1.54, 1.807) is 48.5 Å². The van der Waals surface area contributed by atoms with Gasteiger partial charge in [-0.3, -0.25) is 0 Å². The van der Waals surface area contributed by atoms with E-state index in [9.17, 15) is 9.59 Å². The Morgan fingerprint density at radius 3 is 1.20 bits per heavy atom. The number of benzene rings is 2. The van der Waals surface area contributed by atoms with Crippen LogP contribution in [0, 0.1) is 0 Å². The molecule has 20 heavy (non-hydrogen) atoms. The van der Waals surface area contributed by atoms with Crippen LogP contribution < -0.4 is 0 Å². The minimum atomic E-state index is 0.569. The molecule has 4 nitrogen and oxygen atoms in total. The molecular weight excluding hydrogens is 299 g/mol. The molecular formula is C14H8Cl2N2O2. The highest BCUT2D eigenvalue weighted by Crippen LogP contribution is 2.15. The number of hydrogen-bond donors (Lipinski definition) is 0. The van der Waals surface area contributed by atoms with E-state index in [4.69, 9.17) is 23.2 Å². The predicted octanol–water partition coefficient (Wildman–Crippen LogP) is 4.61. The Kier molecular flexibility index (Phi) is 6.97. The van der Waals surface area contributed by atoms with E-state index in [0.717, 1.165) is 0 Å².